The summed E-state index contributed by atoms with van der Waals surface area (Å²) < 4.78 is 0. The van der Waals surface area contributed by atoms with Crippen LogP contribution in [0.15, 0.2) is 29.5 Å². The molecule has 0 aromatic rings. The molecule has 1 aliphatic heterocycles. The van der Waals surface area contributed by atoms with Crippen molar-refractivity contribution in [1.29, 1.82) is 0 Å². The largest absolute Gasteiger partial charge is 0.370 e. The van der Waals surface area contributed by atoms with Gasteiger partial charge in [0.25, 0.3) is 0 Å². The van der Waals surface area contributed by atoms with Gasteiger partial charge >= 0.3 is 0 Å². The first-order valence-corrected chi connectivity index (χ1v) is 4.33. The number of aliphatic imine (C=N–C) groups is 1. The van der Waals surface area contributed by atoms with E-state index >= 15 is 0 Å². The molecule has 1 aliphatic rings. The first-order chi connectivity index (χ1) is 5.77. The summed E-state index contributed by atoms with van der Waals surface area (Å²) in [5.41, 5.74) is 1.13. The van der Waals surface area contributed by atoms with Crippen LogP contribution in [0, 0.1) is 5.92 Å². The Bertz CT molecular complexity index is 210. The van der Waals surface area contributed by atoms with Crippen molar-refractivity contribution < 1.29 is 0 Å². The monoisotopic (exact) mass is 164 g/mol. The molecule has 66 valence electrons. The highest BCUT2D eigenvalue weighted by Crippen LogP contribution is 2.20. The molecule has 0 unspecified atom stereocenters. The highest BCUT2D eigenvalue weighted by molar-refractivity contribution is 5.54. The third-order valence-corrected chi connectivity index (χ3v) is 1.99. The maximum absolute atomic E-state index is 4.07. The van der Waals surface area contributed by atoms with Crippen LogP contribution in [-0.2, 0) is 0 Å². The Hall–Kier alpha value is -1.05. The second-order valence-corrected chi connectivity index (χ2v) is 3.18. The number of nitrogens with zero attached hydrogens (tertiary/aromatic N) is 2. The lowest BCUT2D eigenvalue weighted by atomic mass is 10.0. The molecule has 0 radical (unpaired) electrons. The van der Waals surface area contributed by atoms with E-state index in [0.29, 0.717) is 0 Å². The smallest absolute Gasteiger partial charge is 0.0546 e. The van der Waals surface area contributed by atoms with Crippen LogP contribution in [0.4, 0.5) is 0 Å². The van der Waals surface area contributed by atoms with Crippen LogP contribution in [0.2, 0.25) is 0 Å². The molecule has 0 aliphatic carbocycles. The molecule has 0 aromatic carbocycles. The minimum Gasteiger partial charge on any atom is -0.370 e. The van der Waals surface area contributed by atoms with Crippen LogP contribution in [0.1, 0.15) is 13.8 Å². The lowest BCUT2D eigenvalue weighted by Gasteiger charge is -2.39. The molecule has 12 heavy (non-hydrogen) atoms. The molecule has 0 spiro atoms. The van der Waals surface area contributed by atoms with Gasteiger partial charge in [-0.2, -0.15) is 0 Å². The Morgan fingerprint density at radius 1 is 1.58 bits per heavy atom. The van der Waals surface area contributed by atoms with Gasteiger partial charge in [-0.1, -0.05) is 13.5 Å². The molecule has 0 N–H and O–H groups in total. The maximum Gasteiger partial charge on any atom is 0.0546 e. The third-order valence-electron chi connectivity index (χ3n) is 1.99. The third kappa shape index (κ3) is 1.97. The van der Waals surface area contributed by atoms with Crippen molar-refractivity contribution in [2.75, 3.05) is 13.1 Å². The van der Waals surface area contributed by atoms with Crippen LogP contribution in [0.25, 0.3) is 0 Å². The summed E-state index contributed by atoms with van der Waals surface area (Å²) in [4.78, 5) is 6.35. The Morgan fingerprint density at radius 3 is 2.67 bits per heavy atom. The lowest BCUT2D eigenvalue weighted by molar-refractivity contribution is 0.163. The zero-order valence-electron chi connectivity index (χ0n) is 7.83. The zero-order valence-corrected chi connectivity index (χ0v) is 7.83. The highest BCUT2D eigenvalue weighted by Gasteiger charge is 2.22. The Kier molecular flexibility index (Phi) is 3.09. The standard InChI is InChI=1S/C10H16N2/c1-4-10(6-11-5-2)12-7-9(3)8-12/h4-6,9H,1,7-8H2,2-3H3/b10-6+,11-5?. The molecule has 0 amide bonds. The predicted molar refractivity (Wildman–Crippen MR) is 53.2 cm³/mol. The summed E-state index contributed by atoms with van der Waals surface area (Å²) in [6, 6.07) is 0. The van der Waals surface area contributed by atoms with Gasteiger partial charge in [0, 0.05) is 25.5 Å². The summed E-state index contributed by atoms with van der Waals surface area (Å²) in [5.74, 6) is 0.818. The molecule has 1 heterocycles. The van der Waals surface area contributed by atoms with Crippen molar-refractivity contribution in [2.24, 2.45) is 10.9 Å². The predicted octanol–water partition coefficient (Wildman–Crippen LogP) is 2.06. The maximum atomic E-state index is 4.07. The molecule has 0 aromatic heterocycles. The van der Waals surface area contributed by atoms with E-state index in [9.17, 15) is 0 Å². The molecule has 0 saturated carbocycles. The van der Waals surface area contributed by atoms with Gasteiger partial charge < -0.3 is 4.90 Å². The van der Waals surface area contributed by atoms with Gasteiger partial charge in [0.2, 0.25) is 0 Å². The fourth-order valence-electron chi connectivity index (χ4n) is 1.32. The van der Waals surface area contributed by atoms with E-state index in [4.69, 9.17) is 0 Å². The van der Waals surface area contributed by atoms with Crippen molar-refractivity contribution >= 4 is 6.21 Å². The van der Waals surface area contributed by atoms with Crippen molar-refractivity contribution in [3.63, 3.8) is 0 Å². The van der Waals surface area contributed by atoms with E-state index in [1.807, 2.05) is 19.2 Å². The van der Waals surface area contributed by atoms with E-state index in [1.165, 1.54) is 0 Å². The fraction of sp³-hybridized carbons (Fsp3) is 0.500. The molecular weight excluding hydrogens is 148 g/mol. The normalized spacial score (nSPS) is 19.8. The zero-order chi connectivity index (χ0) is 8.97. The van der Waals surface area contributed by atoms with Gasteiger partial charge in [0.05, 0.1) is 5.70 Å². The summed E-state index contributed by atoms with van der Waals surface area (Å²) in [7, 11) is 0. The van der Waals surface area contributed by atoms with Crippen molar-refractivity contribution in [3.8, 4) is 0 Å². The summed E-state index contributed by atoms with van der Waals surface area (Å²) in [6.07, 6.45) is 5.50. The summed E-state index contributed by atoms with van der Waals surface area (Å²) in [5, 5.41) is 0. The average molecular weight is 164 g/mol. The minimum atomic E-state index is 0.818. The second kappa shape index (κ2) is 4.10. The first kappa shape index (κ1) is 9.04. The minimum absolute atomic E-state index is 0.818. The Balaban J connectivity index is 2.51. The number of allylic oxidation sites excluding steroid dienone is 1. The van der Waals surface area contributed by atoms with Crippen molar-refractivity contribution in [3.05, 3.63) is 24.6 Å². The molecule has 1 saturated heterocycles. The van der Waals surface area contributed by atoms with Crippen LogP contribution in [0.3, 0.4) is 0 Å². The highest BCUT2D eigenvalue weighted by atomic mass is 15.2. The van der Waals surface area contributed by atoms with Gasteiger partial charge in [-0.3, -0.25) is 4.99 Å². The van der Waals surface area contributed by atoms with Crippen molar-refractivity contribution in [2.45, 2.75) is 13.8 Å². The number of hydrogen-bond acceptors (Lipinski definition) is 2. The number of likely N-dealkylation sites (tertiary alicyclic amines) is 1. The SMILES string of the molecule is C=C/C(=C\N=CC)N1CC(C)C1. The van der Waals surface area contributed by atoms with Crippen molar-refractivity contribution in [1.82, 2.24) is 4.90 Å². The average Bonchev–Trinajstić information content (AvgIpc) is 2.02. The molecular formula is C10H16N2. The topological polar surface area (TPSA) is 15.6 Å². The van der Waals surface area contributed by atoms with Gasteiger partial charge in [-0.15, -0.1) is 0 Å². The molecule has 1 fully saturated rings. The van der Waals surface area contributed by atoms with Crippen LogP contribution in [0.5, 0.6) is 0 Å². The fourth-order valence-corrected chi connectivity index (χ4v) is 1.32. The molecule has 2 heteroatoms. The van der Waals surface area contributed by atoms with Gasteiger partial charge in [0.15, 0.2) is 0 Å². The van der Waals surface area contributed by atoms with Crippen LogP contribution in [-0.4, -0.2) is 24.2 Å². The number of rotatable bonds is 3. The van der Waals surface area contributed by atoms with E-state index in [2.05, 4.69) is 23.4 Å². The van der Waals surface area contributed by atoms with Crippen LogP contribution >= 0.6 is 0 Å². The van der Waals surface area contributed by atoms with E-state index in [1.54, 1.807) is 6.21 Å². The van der Waals surface area contributed by atoms with Crippen LogP contribution < -0.4 is 0 Å². The Labute approximate surface area is 74.3 Å². The quantitative estimate of drug-likeness (QED) is 0.460. The van der Waals surface area contributed by atoms with E-state index in [-0.39, 0.29) is 0 Å². The van der Waals surface area contributed by atoms with Gasteiger partial charge in [0.1, 0.15) is 0 Å². The molecule has 0 bridgehead atoms. The first-order valence-electron chi connectivity index (χ1n) is 4.33. The van der Waals surface area contributed by atoms with Gasteiger partial charge in [-0.25, -0.2) is 0 Å². The number of hydrogen-bond donors (Lipinski definition) is 0. The molecule has 1 rings (SSSR count). The van der Waals surface area contributed by atoms with E-state index < -0.39 is 0 Å². The second-order valence-electron chi connectivity index (χ2n) is 3.18. The van der Waals surface area contributed by atoms with E-state index in [0.717, 1.165) is 24.7 Å². The summed E-state index contributed by atoms with van der Waals surface area (Å²) >= 11 is 0. The summed E-state index contributed by atoms with van der Waals surface area (Å²) in [6.45, 7) is 10.2. The molecule has 0 atom stereocenters. The lowest BCUT2D eigenvalue weighted by Crippen LogP contribution is -2.43. The Morgan fingerprint density at radius 2 is 2.25 bits per heavy atom. The van der Waals surface area contributed by atoms with Gasteiger partial charge in [-0.05, 0) is 18.9 Å². The molecule has 2 nitrogen and oxygen atoms in total.